The molecule has 1 saturated heterocycles. The number of aromatic nitrogens is 2. The van der Waals surface area contributed by atoms with Crippen LogP contribution >= 0.6 is 0 Å². The summed E-state index contributed by atoms with van der Waals surface area (Å²) in [6.07, 6.45) is 0. The van der Waals surface area contributed by atoms with E-state index in [1.54, 1.807) is 17.0 Å². The fraction of sp³-hybridized carbons (Fsp3) is 0.318. The number of benzene rings is 2. The van der Waals surface area contributed by atoms with Gasteiger partial charge in [-0.1, -0.05) is 41.6 Å². The van der Waals surface area contributed by atoms with E-state index in [0.717, 1.165) is 5.56 Å². The predicted octanol–water partition coefficient (Wildman–Crippen LogP) is 3.16. The zero-order valence-corrected chi connectivity index (χ0v) is 16.7. The molecule has 1 aliphatic rings. The quantitative estimate of drug-likeness (QED) is 0.622. The van der Waals surface area contributed by atoms with E-state index in [2.05, 4.69) is 15.0 Å². The lowest BCUT2D eigenvalue weighted by Gasteiger charge is -2.36. The average Bonchev–Trinajstić information content (AvgIpc) is 3.28. The molecule has 0 saturated carbocycles. The fourth-order valence-corrected chi connectivity index (χ4v) is 3.42. The molecule has 1 aliphatic heterocycles. The Morgan fingerprint density at radius 3 is 2.63 bits per heavy atom. The van der Waals surface area contributed by atoms with Gasteiger partial charge < -0.3 is 14.2 Å². The van der Waals surface area contributed by atoms with Gasteiger partial charge in [-0.25, -0.2) is 4.39 Å². The number of rotatable bonds is 6. The minimum Gasteiger partial charge on any atom is -0.484 e. The maximum atomic E-state index is 13.2. The van der Waals surface area contributed by atoms with Crippen LogP contribution in [0.25, 0.3) is 11.4 Å². The molecular formula is C22H23FN4O3. The van der Waals surface area contributed by atoms with Gasteiger partial charge in [-0.15, -0.1) is 0 Å². The molecule has 8 heteroatoms. The minimum atomic E-state index is -0.390. The van der Waals surface area contributed by atoms with Gasteiger partial charge in [-0.05, 0) is 19.1 Å². The van der Waals surface area contributed by atoms with E-state index in [0.29, 0.717) is 43.6 Å². The molecule has 0 spiro atoms. The Labute approximate surface area is 174 Å². The van der Waals surface area contributed by atoms with Crippen molar-refractivity contribution in [2.75, 3.05) is 32.8 Å². The van der Waals surface area contributed by atoms with Crippen LogP contribution in [0.1, 0.15) is 18.9 Å². The number of hydrogen-bond acceptors (Lipinski definition) is 6. The van der Waals surface area contributed by atoms with Crippen molar-refractivity contribution in [1.29, 1.82) is 0 Å². The van der Waals surface area contributed by atoms with Crippen molar-refractivity contribution in [2.45, 2.75) is 13.0 Å². The molecule has 0 aliphatic carbocycles. The van der Waals surface area contributed by atoms with Gasteiger partial charge in [-0.2, -0.15) is 4.98 Å². The summed E-state index contributed by atoms with van der Waals surface area (Å²) in [5, 5.41) is 4.08. The number of amides is 1. The molecular weight excluding hydrogens is 387 g/mol. The molecule has 1 amide bonds. The SMILES string of the molecule is CC(c1nc(-c2ccccc2)no1)N1CCN(C(=O)COc2cccc(F)c2)CC1. The molecule has 156 valence electrons. The molecule has 0 radical (unpaired) electrons. The van der Waals surface area contributed by atoms with Crippen molar-refractivity contribution in [2.24, 2.45) is 0 Å². The van der Waals surface area contributed by atoms with Gasteiger partial charge >= 0.3 is 0 Å². The molecule has 7 nitrogen and oxygen atoms in total. The highest BCUT2D eigenvalue weighted by atomic mass is 19.1. The van der Waals surface area contributed by atoms with E-state index in [1.807, 2.05) is 37.3 Å². The van der Waals surface area contributed by atoms with E-state index in [9.17, 15) is 9.18 Å². The molecule has 2 aromatic carbocycles. The van der Waals surface area contributed by atoms with Gasteiger partial charge in [0.25, 0.3) is 5.91 Å². The monoisotopic (exact) mass is 410 g/mol. The van der Waals surface area contributed by atoms with E-state index in [-0.39, 0.29) is 24.4 Å². The third-order valence-electron chi connectivity index (χ3n) is 5.20. The lowest BCUT2D eigenvalue weighted by molar-refractivity contribution is -0.135. The Morgan fingerprint density at radius 2 is 1.90 bits per heavy atom. The van der Waals surface area contributed by atoms with Crippen LogP contribution in [0.4, 0.5) is 4.39 Å². The molecule has 3 aromatic rings. The first-order valence-electron chi connectivity index (χ1n) is 9.89. The Balaban J connectivity index is 1.29. The Kier molecular flexibility index (Phi) is 6.04. The summed E-state index contributed by atoms with van der Waals surface area (Å²) in [6.45, 7) is 4.45. The first-order chi connectivity index (χ1) is 14.6. The number of nitrogens with zero attached hydrogens (tertiary/aromatic N) is 4. The van der Waals surface area contributed by atoms with Crippen molar-refractivity contribution in [3.05, 3.63) is 66.3 Å². The second kappa shape index (κ2) is 9.04. The van der Waals surface area contributed by atoms with Gasteiger partial charge in [0.05, 0.1) is 6.04 Å². The Bertz CT molecular complexity index is 987. The van der Waals surface area contributed by atoms with Crippen LogP contribution in [-0.4, -0.2) is 58.6 Å². The summed E-state index contributed by atoms with van der Waals surface area (Å²) >= 11 is 0. The molecule has 1 aromatic heterocycles. The zero-order chi connectivity index (χ0) is 20.9. The fourth-order valence-electron chi connectivity index (χ4n) is 3.42. The van der Waals surface area contributed by atoms with Gasteiger partial charge in [-0.3, -0.25) is 9.69 Å². The number of halogens is 1. The van der Waals surface area contributed by atoms with Gasteiger partial charge in [0.1, 0.15) is 11.6 Å². The molecule has 30 heavy (non-hydrogen) atoms. The molecule has 0 N–H and O–H groups in total. The topological polar surface area (TPSA) is 71.7 Å². The van der Waals surface area contributed by atoms with Gasteiger partial charge in [0.2, 0.25) is 11.7 Å². The molecule has 1 atom stereocenters. The average molecular weight is 410 g/mol. The highest BCUT2D eigenvalue weighted by Crippen LogP contribution is 2.23. The lowest BCUT2D eigenvalue weighted by Crippen LogP contribution is -2.50. The van der Waals surface area contributed by atoms with Crippen molar-refractivity contribution >= 4 is 5.91 Å². The summed E-state index contributed by atoms with van der Waals surface area (Å²) in [5.74, 6) is 0.972. The van der Waals surface area contributed by atoms with Crippen molar-refractivity contribution in [3.63, 3.8) is 0 Å². The Hall–Kier alpha value is -3.26. The second-order valence-corrected chi connectivity index (χ2v) is 7.16. The molecule has 1 unspecified atom stereocenters. The second-order valence-electron chi connectivity index (χ2n) is 7.16. The zero-order valence-electron chi connectivity index (χ0n) is 16.7. The first kappa shape index (κ1) is 20.0. The highest BCUT2D eigenvalue weighted by Gasteiger charge is 2.28. The van der Waals surface area contributed by atoms with E-state index in [1.165, 1.54) is 12.1 Å². The minimum absolute atomic E-state index is 0.0456. The van der Waals surface area contributed by atoms with Crippen LogP contribution in [0.2, 0.25) is 0 Å². The third kappa shape index (κ3) is 4.65. The highest BCUT2D eigenvalue weighted by molar-refractivity contribution is 5.77. The van der Waals surface area contributed by atoms with E-state index >= 15 is 0 Å². The first-order valence-corrected chi connectivity index (χ1v) is 9.89. The molecule has 1 fully saturated rings. The number of hydrogen-bond donors (Lipinski definition) is 0. The standard InChI is InChI=1S/C22H23FN4O3/c1-16(22-24-21(25-30-22)17-6-3-2-4-7-17)26-10-12-27(13-11-26)20(28)15-29-19-9-5-8-18(23)14-19/h2-9,14,16H,10-13,15H2,1H3. The maximum absolute atomic E-state index is 13.2. The normalized spacial score (nSPS) is 15.7. The summed E-state index contributed by atoms with van der Waals surface area (Å²) in [5.41, 5.74) is 0.911. The maximum Gasteiger partial charge on any atom is 0.260 e. The number of piperazine rings is 1. The number of ether oxygens (including phenoxy) is 1. The lowest BCUT2D eigenvalue weighted by atomic mass is 10.2. The summed E-state index contributed by atoms with van der Waals surface area (Å²) in [7, 11) is 0. The van der Waals surface area contributed by atoms with Crippen LogP contribution in [0.5, 0.6) is 5.75 Å². The van der Waals surface area contributed by atoms with Crippen LogP contribution in [-0.2, 0) is 4.79 Å². The summed E-state index contributed by atoms with van der Waals surface area (Å²) in [6, 6.07) is 15.4. The largest absolute Gasteiger partial charge is 0.484 e. The summed E-state index contributed by atoms with van der Waals surface area (Å²) in [4.78, 5) is 20.9. The molecule has 4 rings (SSSR count). The Morgan fingerprint density at radius 1 is 1.13 bits per heavy atom. The smallest absolute Gasteiger partial charge is 0.260 e. The predicted molar refractivity (Wildman–Crippen MR) is 108 cm³/mol. The molecule has 0 bridgehead atoms. The number of carbonyl (C=O) groups is 1. The van der Waals surface area contributed by atoms with Crippen LogP contribution in [0.3, 0.4) is 0 Å². The number of carbonyl (C=O) groups excluding carboxylic acids is 1. The van der Waals surface area contributed by atoms with E-state index < -0.39 is 0 Å². The van der Waals surface area contributed by atoms with E-state index in [4.69, 9.17) is 9.26 Å². The molecule has 2 heterocycles. The van der Waals surface area contributed by atoms with Crippen molar-refractivity contribution < 1.29 is 18.4 Å². The van der Waals surface area contributed by atoms with Gasteiger partial charge in [0.15, 0.2) is 6.61 Å². The van der Waals surface area contributed by atoms with Gasteiger partial charge in [0, 0.05) is 37.8 Å². The van der Waals surface area contributed by atoms with Crippen LogP contribution in [0, 0.1) is 5.82 Å². The van der Waals surface area contributed by atoms with Crippen LogP contribution < -0.4 is 4.74 Å². The van der Waals surface area contributed by atoms with Crippen molar-refractivity contribution in [3.8, 4) is 17.1 Å². The van der Waals surface area contributed by atoms with Crippen molar-refractivity contribution in [1.82, 2.24) is 19.9 Å². The third-order valence-corrected chi connectivity index (χ3v) is 5.20. The summed E-state index contributed by atoms with van der Waals surface area (Å²) < 4.78 is 24.1. The van der Waals surface area contributed by atoms with Crippen LogP contribution in [0.15, 0.2) is 59.1 Å².